The number of aliphatic imine (C=N–C) groups is 1. The number of hydrogen-bond donors (Lipinski definition) is 1. The van der Waals surface area contributed by atoms with Crippen molar-refractivity contribution in [1.29, 1.82) is 0 Å². The summed E-state index contributed by atoms with van der Waals surface area (Å²) in [7, 11) is 0. The summed E-state index contributed by atoms with van der Waals surface area (Å²) in [5.74, 6) is 1.17. The molecule has 1 aromatic carbocycles. The van der Waals surface area contributed by atoms with Crippen molar-refractivity contribution in [2.24, 2.45) is 10.9 Å². The summed E-state index contributed by atoms with van der Waals surface area (Å²) in [6, 6.07) is 7.53. The largest absolute Gasteiger partial charge is 0.306 e. The summed E-state index contributed by atoms with van der Waals surface area (Å²) in [5, 5.41) is 2.79. The average molecular weight is 202 g/mol. The molecule has 1 aromatic rings. The molecule has 0 saturated heterocycles. The third-order valence-corrected chi connectivity index (χ3v) is 2.27. The fourth-order valence-electron chi connectivity index (χ4n) is 1.53. The molecule has 0 fully saturated rings. The fourth-order valence-corrected chi connectivity index (χ4v) is 1.53. The van der Waals surface area contributed by atoms with Gasteiger partial charge in [0.25, 0.3) is 5.91 Å². The number of amides is 1. The zero-order chi connectivity index (χ0) is 10.8. The van der Waals surface area contributed by atoms with E-state index in [9.17, 15) is 4.79 Å². The Morgan fingerprint density at radius 1 is 1.27 bits per heavy atom. The van der Waals surface area contributed by atoms with Gasteiger partial charge in [0.1, 0.15) is 5.84 Å². The topological polar surface area (TPSA) is 41.5 Å². The van der Waals surface area contributed by atoms with Crippen LogP contribution in [0.1, 0.15) is 29.8 Å². The quantitative estimate of drug-likeness (QED) is 0.781. The van der Waals surface area contributed by atoms with Crippen LogP contribution in [0.2, 0.25) is 0 Å². The molecular formula is C12H14N2O. The Labute approximate surface area is 89.2 Å². The van der Waals surface area contributed by atoms with Gasteiger partial charge in [0.15, 0.2) is 0 Å². The summed E-state index contributed by atoms with van der Waals surface area (Å²) in [5.41, 5.74) is 1.64. The van der Waals surface area contributed by atoms with Crippen molar-refractivity contribution in [1.82, 2.24) is 5.32 Å². The first-order valence-corrected chi connectivity index (χ1v) is 5.13. The predicted octanol–water partition coefficient (Wildman–Crippen LogP) is 1.83. The molecule has 78 valence electrons. The van der Waals surface area contributed by atoms with Gasteiger partial charge in [-0.05, 0) is 12.0 Å². The van der Waals surface area contributed by atoms with Crippen LogP contribution < -0.4 is 5.32 Å². The molecular weight excluding hydrogens is 188 g/mol. The summed E-state index contributed by atoms with van der Waals surface area (Å²) < 4.78 is 0. The van der Waals surface area contributed by atoms with Gasteiger partial charge in [-0.3, -0.25) is 9.79 Å². The molecule has 0 radical (unpaired) electrons. The zero-order valence-corrected chi connectivity index (χ0v) is 8.95. The van der Waals surface area contributed by atoms with E-state index in [-0.39, 0.29) is 5.91 Å². The van der Waals surface area contributed by atoms with E-state index in [4.69, 9.17) is 0 Å². The van der Waals surface area contributed by atoms with Crippen LogP contribution in [0.4, 0.5) is 0 Å². The normalized spacial score (nSPS) is 17.0. The molecule has 0 saturated carbocycles. The van der Waals surface area contributed by atoms with Crippen LogP contribution >= 0.6 is 0 Å². The Balaban J connectivity index is 2.32. The first-order chi connectivity index (χ1) is 7.18. The fraction of sp³-hybridized carbons (Fsp3) is 0.333. The lowest BCUT2D eigenvalue weighted by Crippen LogP contribution is -2.22. The second-order valence-corrected chi connectivity index (χ2v) is 4.08. The molecule has 0 aromatic heterocycles. The van der Waals surface area contributed by atoms with Crippen molar-refractivity contribution in [2.75, 3.05) is 6.54 Å². The van der Waals surface area contributed by atoms with Gasteiger partial charge in [0, 0.05) is 12.1 Å². The van der Waals surface area contributed by atoms with Crippen LogP contribution in [0.5, 0.6) is 0 Å². The predicted molar refractivity (Wildman–Crippen MR) is 60.2 cm³/mol. The number of carbonyl (C=O) groups is 1. The number of amidine groups is 1. The lowest BCUT2D eigenvalue weighted by Gasteiger charge is -2.01. The molecule has 0 bridgehead atoms. The molecule has 1 N–H and O–H groups in total. The van der Waals surface area contributed by atoms with E-state index in [1.807, 2.05) is 24.3 Å². The molecule has 0 atom stereocenters. The third kappa shape index (κ3) is 1.91. The van der Waals surface area contributed by atoms with E-state index in [1.54, 1.807) is 0 Å². The number of carbonyl (C=O) groups excluding carboxylic acids is 1. The van der Waals surface area contributed by atoms with Crippen molar-refractivity contribution in [3.8, 4) is 0 Å². The SMILES string of the molecule is CC(C)CN=C1NC(=O)c2ccccc21. The number of nitrogens with one attached hydrogen (secondary N) is 1. The Kier molecular flexibility index (Phi) is 2.54. The number of benzene rings is 1. The van der Waals surface area contributed by atoms with Crippen LogP contribution in [0.15, 0.2) is 29.3 Å². The highest BCUT2D eigenvalue weighted by Crippen LogP contribution is 2.15. The molecule has 15 heavy (non-hydrogen) atoms. The Bertz CT molecular complexity index is 421. The van der Waals surface area contributed by atoms with Crippen molar-refractivity contribution in [3.63, 3.8) is 0 Å². The van der Waals surface area contributed by atoms with E-state index in [2.05, 4.69) is 24.2 Å². The van der Waals surface area contributed by atoms with E-state index in [1.165, 1.54) is 0 Å². The monoisotopic (exact) mass is 202 g/mol. The minimum Gasteiger partial charge on any atom is -0.306 e. The van der Waals surface area contributed by atoms with Gasteiger partial charge in [-0.15, -0.1) is 0 Å². The van der Waals surface area contributed by atoms with Crippen molar-refractivity contribution in [3.05, 3.63) is 35.4 Å². The smallest absolute Gasteiger partial charge is 0.257 e. The highest BCUT2D eigenvalue weighted by Gasteiger charge is 2.23. The van der Waals surface area contributed by atoms with Gasteiger partial charge in [0.2, 0.25) is 0 Å². The highest BCUT2D eigenvalue weighted by atomic mass is 16.2. The molecule has 0 unspecified atom stereocenters. The second-order valence-electron chi connectivity index (χ2n) is 4.08. The van der Waals surface area contributed by atoms with Gasteiger partial charge in [-0.25, -0.2) is 0 Å². The Morgan fingerprint density at radius 3 is 2.60 bits per heavy atom. The summed E-state index contributed by atoms with van der Waals surface area (Å²) in [6.45, 7) is 4.95. The number of nitrogens with zero attached hydrogens (tertiary/aromatic N) is 1. The minimum atomic E-state index is -0.0480. The molecule has 1 aliphatic rings. The second kappa shape index (κ2) is 3.85. The van der Waals surface area contributed by atoms with Crippen molar-refractivity contribution in [2.45, 2.75) is 13.8 Å². The average Bonchev–Trinajstić information content (AvgIpc) is 2.54. The highest BCUT2D eigenvalue weighted by molar-refractivity contribution is 6.23. The summed E-state index contributed by atoms with van der Waals surface area (Å²) in [4.78, 5) is 15.9. The number of fused-ring (bicyclic) bond motifs is 1. The molecule has 1 aliphatic heterocycles. The van der Waals surface area contributed by atoms with Gasteiger partial charge < -0.3 is 5.32 Å². The maximum Gasteiger partial charge on any atom is 0.257 e. The standard InChI is InChI=1S/C12H14N2O/c1-8(2)7-13-11-9-5-3-4-6-10(9)12(15)14-11/h3-6,8H,7H2,1-2H3,(H,13,14,15). The van der Waals surface area contributed by atoms with Gasteiger partial charge in [0.05, 0.1) is 5.56 Å². The van der Waals surface area contributed by atoms with E-state index < -0.39 is 0 Å². The molecule has 1 amide bonds. The lowest BCUT2D eigenvalue weighted by atomic mass is 10.1. The number of rotatable bonds is 2. The van der Waals surface area contributed by atoms with Gasteiger partial charge in [-0.1, -0.05) is 32.0 Å². The number of hydrogen-bond acceptors (Lipinski definition) is 2. The summed E-state index contributed by atoms with van der Waals surface area (Å²) >= 11 is 0. The van der Waals surface area contributed by atoms with Gasteiger partial charge >= 0.3 is 0 Å². The maximum absolute atomic E-state index is 11.5. The first kappa shape index (κ1) is 9.90. The first-order valence-electron chi connectivity index (χ1n) is 5.13. The summed E-state index contributed by atoms with van der Waals surface area (Å²) in [6.07, 6.45) is 0. The Hall–Kier alpha value is -1.64. The molecule has 3 nitrogen and oxygen atoms in total. The van der Waals surface area contributed by atoms with E-state index in [0.29, 0.717) is 11.8 Å². The molecule has 3 heteroatoms. The van der Waals surface area contributed by atoms with Crippen molar-refractivity contribution >= 4 is 11.7 Å². The maximum atomic E-state index is 11.5. The van der Waals surface area contributed by atoms with E-state index in [0.717, 1.165) is 17.7 Å². The van der Waals surface area contributed by atoms with Crippen LogP contribution in [0, 0.1) is 5.92 Å². The van der Waals surface area contributed by atoms with Crippen LogP contribution in [-0.2, 0) is 0 Å². The zero-order valence-electron chi connectivity index (χ0n) is 8.95. The molecule has 0 aliphatic carbocycles. The lowest BCUT2D eigenvalue weighted by molar-refractivity contribution is 0.0983. The van der Waals surface area contributed by atoms with Crippen LogP contribution in [0.25, 0.3) is 0 Å². The molecule has 0 spiro atoms. The molecule has 2 rings (SSSR count). The van der Waals surface area contributed by atoms with E-state index >= 15 is 0 Å². The van der Waals surface area contributed by atoms with Crippen LogP contribution in [-0.4, -0.2) is 18.3 Å². The minimum absolute atomic E-state index is 0.0480. The van der Waals surface area contributed by atoms with Crippen LogP contribution in [0.3, 0.4) is 0 Å². The Morgan fingerprint density at radius 2 is 1.93 bits per heavy atom. The molecule has 1 heterocycles. The van der Waals surface area contributed by atoms with Gasteiger partial charge in [-0.2, -0.15) is 0 Å². The van der Waals surface area contributed by atoms with Crippen molar-refractivity contribution < 1.29 is 4.79 Å². The third-order valence-electron chi connectivity index (χ3n) is 2.27.